The number of halogens is 1. The zero-order chi connectivity index (χ0) is 21.3. The van der Waals surface area contributed by atoms with Gasteiger partial charge in [-0.1, -0.05) is 0 Å². The predicted molar refractivity (Wildman–Crippen MR) is 98.0 cm³/mol. The number of aliphatic hydroxyl groups excluding tert-OH is 1. The number of aliphatic hydroxyl groups is 1. The number of ether oxygens (including phenoxy) is 3. The number of fused-ring (bicyclic) bond motifs is 1. The van der Waals surface area contributed by atoms with Crippen LogP contribution in [0.5, 0.6) is 0 Å². The van der Waals surface area contributed by atoms with Crippen molar-refractivity contribution in [1.82, 2.24) is 19.5 Å². The third-order valence-corrected chi connectivity index (χ3v) is 5.38. The van der Waals surface area contributed by atoms with Crippen molar-refractivity contribution in [1.29, 1.82) is 0 Å². The van der Waals surface area contributed by atoms with Crippen LogP contribution in [0.25, 0.3) is 11.2 Å². The van der Waals surface area contributed by atoms with Gasteiger partial charge in [-0.25, -0.2) is 14.8 Å². The van der Waals surface area contributed by atoms with Crippen molar-refractivity contribution in [2.24, 2.45) is 0 Å². The van der Waals surface area contributed by atoms with Crippen molar-refractivity contribution in [2.75, 3.05) is 13.2 Å². The van der Waals surface area contributed by atoms with Crippen LogP contribution in [0.1, 0.15) is 25.3 Å². The van der Waals surface area contributed by atoms with Gasteiger partial charge in [-0.05, 0) is 25.4 Å². The van der Waals surface area contributed by atoms with E-state index in [1.165, 1.54) is 17.8 Å². The van der Waals surface area contributed by atoms with Gasteiger partial charge < -0.3 is 29.1 Å². The minimum atomic E-state index is -4.90. The minimum Gasteiger partial charge on any atom is -0.464 e. The van der Waals surface area contributed by atoms with Crippen molar-refractivity contribution in [3.63, 3.8) is 0 Å². The van der Waals surface area contributed by atoms with Gasteiger partial charge in [0.2, 0.25) is 5.28 Å². The van der Waals surface area contributed by atoms with Crippen molar-refractivity contribution in [2.45, 2.75) is 44.5 Å². The first-order chi connectivity index (χ1) is 13.6. The third kappa shape index (κ3) is 4.75. The highest BCUT2D eigenvalue weighted by Crippen LogP contribution is 2.43. The molecule has 2 aromatic heterocycles. The summed E-state index contributed by atoms with van der Waals surface area (Å²) in [6.07, 6.45) is -1.08. The fraction of sp³-hybridized carbons (Fsp3) is 0.600. The summed E-state index contributed by atoms with van der Waals surface area (Å²) in [6, 6.07) is 0. The third-order valence-electron chi connectivity index (χ3n) is 4.24. The van der Waals surface area contributed by atoms with Gasteiger partial charge in [-0.15, -0.1) is 0 Å². The summed E-state index contributed by atoms with van der Waals surface area (Å²) in [4.78, 5) is 42.8. The second-order valence-corrected chi connectivity index (χ2v) is 8.37. The van der Waals surface area contributed by atoms with Crippen molar-refractivity contribution >= 4 is 36.3 Å². The van der Waals surface area contributed by atoms with Crippen LogP contribution in [0.4, 0.5) is 0 Å². The molecule has 3 rings (SSSR count). The molecule has 0 aromatic carbocycles. The molecule has 160 valence electrons. The van der Waals surface area contributed by atoms with E-state index in [0.717, 1.165) is 0 Å². The summed E-state index contributed by atoms with van der Waals surface area (Å²) < 4.78 is 28.5. The van der Waals surface area contributed by atoms with Gasteiger partial charge in [0.1, 0.15) is 11.6 Å². The molecule has 4 atom stereocenters. The zero-order valence-corrected chi connectivity index (χ0v) is 17.2. The van der Waals surface area contributed by atoms with Crippen LogP contribution < -0.4 is 0 Å². The molecule has 14 heteroatoms. The van der Waals surface area contributed by atoms with Gasteiger partial charge in [0.05, 0.1) is 31.3 Å². The molecule has 1 fully saturated rings. The Kier molecular flexibility index (Phi) is 6.54. The number of hydrogen-bond acceptors (Lipinski definition) is 9. The molecule has 1 saturated heterocycles. The van der Waals surface area contributed by atoms with Crippen molar-refractivity contribution < 1.29 is 38.5 Å². The highest BCUT2D eigenvalue weighted by molar-refractivity contribution is 7.53. The molecule has 0 saturated carbocycles. The average molecular weight is 451 g/mol. The van der Waals surface area contributed by atoms with E-state index in [1.807, 2.05) is 0 Å². The van der Waals surface area contributed by atoms with E-state index in [-0.39, 0.29) is 24.9 Å². The Hall–Kier alpha value is -1.66. The SMILES string of the molecule is CCOC(=O)C(OC[C@@H]1C[C@@H](O)[C@H](n2cnc3c(C)nc(Cl)nc32)O1)P(=O)(O)O. The first-order valence-corrected chi connectivity index (χ1v) is 10.7. The van der Waals surface area contributed by atoms with Gasteiger partial charge in [-0.2, -0.15) is 4.98 Å². The second-order valence-electron chi connectivity index (χ2n) is 6.38. The van der Waals surface area contributed by atoms with E-state index in [4.69, 9.17) is 21.1 Å². The summed E-state index contributed by atoms with van der Waals surface area (Å²) in [6.45, 7) is 2.82. The minimum absolute atomic E-state index is 0.0167. The first kappa shape index (κ1) is 22.0. The van der Waals surface area contributed by atoms with Gasteiger partial charge in [0.25, 0.3) is 5.85 Å². The van der Waals surface area contributed by atoms with Crippen LogP contribution >= 0.6 is 19.2 Å². The fourth-order valence-electron chi connectivity index (χ4n) is 3.01. The Morgan fingerprint density at radius 2 is 2.21 bits per heavy atom. The van der Waals surface area contributed by atoms with Crippen LogP contribution in [-0.4, -0.2) is 71.6 Å². The van der Waals surface area contributed by atoms with Crippen LogP contribution in [0, 0.1) is 6.92 Å². The number of hydrogen-bond donors (Lipinski definition) is 3. The number of carbonyl (C=O) groups is 1. The maximum absolute atomic E-state index is 11.8. The Morgan fingerprint density at radius 1 is 1.48 bits per heavy atom. The Balaban J connectivity index is 1.73. The molecule has 1 aliphatic heterocycles. The maximum atomic E-state index is 11.8. The molecule has 3 N–H and O–H groups in total. The summed E-state index contributed by atoms with van der Waals surface area (Å²) in [7, 11) is -4.90. The molecule has 0 amide bonds. The number of aromatic nitrogens is 4. The van der Waals surface area contributed by atoms with E-state index in [9.17, 15) is 24.3 Å². The summed E-state index contributed by atoms with van der Waals surface area (Å²) in [5.74, 6) is -3.23. The molecular formula is C15H20ClN4O8P. The Bertz CT molecular complexity index is 950. The summed E-state index contributed by atoms with van der Waals surface area (Å²) in [5, 5.41) is 10.4. The lowest BCUT2D eigenvalue weighted by Crippen LogP contribution is -2.30. The quantitative estimate of drug-likeness (QED) is 0.305. The number of rotatable bonds is 7. The smallest absolute Gasteiger partial charge is 0.365 e. The Morgan fingerprint density at radius 3 is 2.86 bits per heavy atom. The molecule has 1 aliphatic rings. The van der Waals surface area contributed by atoms with Crippen LogP contribution in [0.2, 0.25) is 5.28 Å². The number of imidazole rings is 1. The molecular weight excluding hydrogens is 431 g/mol. The van der Waals surface area contributed by atoms with Gasteiger partial charge in [0.15, 0.2) is 11.9 Å². The van der Waals surface area contributed by atoms with Crippen molar-refractivity contribution in [3.05, 3.63) is 17.3 Å². The standard InChI is InChI=1S/C15H20ClN4O8P/c1-3-26-13(22)14(29(23,24)25)27-5-8-4-9(21)12(28-8)20-6-17-10-7(2)18-15(16)19-11(10)20/h6,8-9,12,14,21H,3-5H2,1-2H3,(H2,23,24,25)/t8-,9+,12+,14?/m0/s1. The summed E-state index contributed by atoms with van der Waals surface area (Å²) in [5.41, 5.74) is 1.42. The first-order valence-electron chi connectivity index (χ1n) is 8.65. The molecule has 1 unspecified atom stereocenters. The molecule has 0 aliphatic carbocycles. The lowest BCUT2D eigenvalue weighted by Gasteiger charge is -2.20. The van der Waals surface area contributed by atoms with Gasteiger partial charge in [0, 0.05) is 6.42 Å². The number of carbonyl (C=O) groups excluding carboxylic acids is 1. The number of nitrogens with zero attached hydrogens (tertiary/aromatic N) is 4. The average Bonchev–Trinajstić information content (AvgIpc) is 3.17. The summed E-state index contributed by atoms with van der Waals surface area (Å²) >= 11 is 5.90. The van der Waals surface area contributed by atoms with E-state index >= 15 is 0 Å². The Labute approximate surface area is 169 Å². The fourth-order valence-corrected chi connectivity index (χ4v) is 3.85. The molecule has 12 nitrogen and oxygen atoms in total. The molecule has 0 radical (unpaired) electrons. The lowest BCUT2D eigenvalue weighted by molar-refractivity contribution is -0.154. The van der Waals surface area contributed by atoms with Crippen LogP contribution in [0.15, 0.2) is 6.33 Å². The highest BCUT2D eigenvalue weighted by atomic mass is 35.5. The molecule has 2 aromatic rings. The van der Waals surface area contributed by atoms with Gasteiger partial charge >= 0.3 is 13.6 Å². The zero-order valence-electron chi connectivity index (χ0n) is 15.5. The monoisotopic (exact) mass is 450 g/mol. The normalized spacial score (nSPS) is 23.4. The van der Waals surface area contributed by atoms with Crippen LogP contribution in [0.3, 0.4) is 0 Å². The second kappa shape index (κ2) is 8.60. The maximum Gasteiger partial charge on any atom is 0.365 e. The van der Waals surface area contributed by atoms with Crippen LogP contribution in [-0.2, 0) is 23.6 Å². The number of aryl methyl sites for hydroxylation is 1. The predicted octanol–water partition coefficient (Wildman–Crippen LogP) is 0.520. The van der Waals surface area contributed by atoms with Crippen molar-refractivity contribution in [3.8, 4) is 0 Å². The lowest BCUT2D eigenvalue weighted by atomic mass is 10.2. The topological polar surface area (TPSA) is 166 Å². The molecule has 0 spiro atoms. The highest BCUT2D eigenvalue weighted by Gasteiger charge is 2.41. The number of esters is 1. The largest absolute Gasteiger partial charge is 0.464 e. The molecule has 29 heavy (non-hydrogen) atoms. The van der Waals surface area contributed by atoms with E-state index in [2.05, 4.69) is 19.7 Å². The van der Waals surface area contributed by atoms with E-state index in [1.54, 1.807) is 6.92 Å². The van der Waals surface area contributed by atoms with Gasteiger partial charge in [-0.3, -0.25) is 9.13 Å². The molecule has 3 heterocycles. The van der Waals surface area contributed by atoms with E-state index < -0.39 is 37.8 Å². The molecule has 0 bridgehead atoms. The van der Waals surface area contributed by atoms with E-state index in [0.29, 0.717) is 16.9 Å².